The zero-order valence-electron chi connectivity index (χ0n) is 17.2. The van der Waals surface area contributed by atoms with Gasteiger partial charge in [-0.15, -0.1) is 0 Å². The van der Waals surface area contributed by atoms with Gasteiger partial charge in [-0.2, -0.15) is 5.26 Å². The second-order valence-electron chi connectivity index (χ2n) is 8.58. The Kier molecular flexibility index (Phi) is 6.11. The number of rotatable bonds is 5. The van der Waals surface area contributed by atoms with Gasteiger partial charge in [0, 0.05) is 0 Å². The van der Waals surface area contributed by atoms with E-state index < -0.39 is 0 Å². The molecule has 0 aromatic heterocycles. The van der Waals surface area contributed by atoms with E-state index in [1.807, 2.05) is 24.3 Å². The fraction of sp³-hybridized carbons (Fsp3) is 0.321. The normalized spacial score (nSPS) is 20.0. The maximum absolute atomic E-state index is 8.95. The first kappa shape index (κ1) is 19.5. The van der Waals surface area contributed by atoms with Crippen LogP contribution in [0.5, 0.6) is 0 Å². The maximum atomic E-state index is 8.95. The van der Waals surface area contributed by atoms with Crippen molar-refractivity contribution in [1.29, 1.82) is 5.26 Å². The molecule has 0 amide bonds. The van der Waals surface area contributed by atoms with Gasteiger partial charge in [0.05, 0.1) is 11.6 Å². The minimum absolute atomic E-state index is 0.657. The minimum atomic E-state index is 0.657. The molecule has 0 radical (unpaired) electrons. The summed E-state index contributed by atoms with van der Waals surface area (Å²) in [5.74, 6) is 2.22. The van der Waals surface area contributed by atoms with Crippen molar-refractivity contribution in [3.8, 4) is 17.2 Å². The molecule has 1 aliphatic carbocycles. The summed E-state index contributed by atoms with van der Waals surface area (Å²) in [7, 11) is 0. The van der Waals surface area contributed by atoms with Crippen LogP contribution in [0, 0.1) is 17.2 Å². The molecular formula is C28H29N. The van der Waals surface area contributed by atoms with Crippen LogP contribution in [0.15, 0.2) is 78.9 Å². The van der Waals surface area contributed by atoms with Crippen molar-refractivity contribution in [2.75, 3.05) is 0 Å². The van der Waals surface area contributed by atoms with Gasteiger partial charge in [0.1, 0.15) is 0 Å². The van der Waals surface area contributed by atoms with Gasteiger partial charge in [0.25, 0.3) is 0 Å². The predicted octanol–water partition coefficient (Wildman–Crippen LogP) is 7.69. The molecule has 1 nitrogen and oxygen atoms in total. The third-order valence-electron chi connectivity index (χ3n) is 6.63. The molecule has 1 unspecified atom stereocenters. The fourth-order valence-corrected chi connectivity index (χ4v) is 4.83. The summed E-state index contributed by atoms with van der Waals surface area (Å²) in [6, 6.07) is 30.1. The molecule has 1 heteroatoms. The lowest BCUT2D eigenvalue weighted by Crippen LogP contribution is -2.15. The van der Waals surface area contributed by atoms with E-state index >= 15 is 0 Å². The van der Waals surface area contributed by atoms with Crippen molar-refractivity contribution >= 4 is 0 Å². The molecule has 0 heterocycles. The van der Waals surface area contributed by atoms with E-state index in [0.717, 1.165) is 5.92 Å². The highest BCUT2D eigenvalue weighted by molar-refractivity contribution is 5.64. The average Bonchev–Trinajstić information content (AvgIpc) is 2.80. The summed E-state index contributed by atoms with van der Waals surface area (Å²) in [6.07, 6.45) is 6.62. The van der Waals surface area contributed by atoms with Crippen molar-refractivity contribution in [3.63, 3.8) is 0 Å². The maximum Gasteiger partial charge on any atom is 0.0991 e. The Morgan fingerprint density at radius 3 is 1.97 bits per heavy atom. The lowest BCUT2D eigenvalue weighted by Gasteiger charge is -2.30. The summed E-state index contributed by atoms with van der Waals surface area (Å²) < 4.78 is 0. The summed E-state index contributed by atoms with van der Waals surface area (Å²) in [6.45, 7) is 2.38. The van der Waals surface area contributed by atoms with Crippen LogP contribution in [0.1, 0.15) is 67.6 Å². The van der Waals surface area contributed by atoms with Crippen LogP contribution in [-0.4, -0.2) is 0 Å². The molecule has 29 heavy (non-hydrogen) atoms. The standard InChI is InChI=1S/C28H29N/c1-21(24-5-3-2-4-6-24)19-22-7-11-25(12-8-22)27-15-17-28(18-16-27)26-13-9-23(20-29)10-14-26/h2-6,9-10,13-18,21-22,25H,7-8,11-12,19H2,1H3. The van der Waals surface area contributed by atoms with Crippen LogP contribution in [0.4, 0.5) is 0 Å². The van der Waals surface area contributed by atoms with E-state index in [-0.39, 0.29) is 0 Å². The molecule has 3 aromatic carbocycles. The summed E-state index contributed by atoms with van der Waals surface area (Å²) in [5, 5.41) is 8.95. The van der Waals surface area contributed by atoms with Crippen LogP contribution in [0.3, 0.4) is 0 Å². The largest absolute Gasteiger partial charge is 0.192 e. The Morgan fingerprint density at radius 2 is 1.38 bits per heavy atom. The van der Waals surface area contributed by atoms with Crippen LogP contribution >= 0.6 is 0 Å². The highest BCUT2D eigenvalue weighted by Gasteiger charge is 2.24. The molecular weight excluding hydrogens is 350 g/mol. The van der Waals surface area contributed by atoms with Gasteiger partial charge in [-0.05, 0) is 84.2 Å². The second-order valence-corrected chi connectivity index (χ2v) is 8.58. The molecule has 1 atom stereocenters. The SMILES string of the molecule is CC(CC1CCC(c2ccc(-c3ccc(C#N)cc3)cc2)CC1)c1ccccc1. The third-order valence-corrected chi connectivity index (χ3v) is 6.63. The summed E-state index contributed by atoms with van der Waals surface area (Å²) in [4.78, 5) is 0. The molecule has 0 spiro atoms. The highest BCUT2D eigenvalue weighted by atomic mass is 14.3. The first-order valence-electron chi connectivity index (χ1n) is 10.9. The highest BCUT2D eigenvalue weighted by Crippen LogP contribution is 2.40. The van der Waals surface area contributed by atoms with Crippen LogP contribution in [-0.2, 0) is 0 Å². The van der Waals surface area contributed by atoms with E-state index in [9.17, 15) is 0 Å². The molecule has 146 valence electrons. The minimum Gasteiger partial charge on any atom is -0.192 e. The number of nitriles is 1. The lowest BCUT2D eigenvalue weighted by molar-refractivity contribution is 0.297. The van der Waals surface area contributed by atoms with Crippen molar-refractivity contribution in [2.24, 2.45) is 5.92 Å². The summed E-state index contributed by atoms with van der Waals surface area (Å²) >= 11 is 0. The van der Waals surface area contributed by atoms with Gasteiger partial charge >= 0.3 is 0 Å². The zero-order valence-corrected chi connectivity index (χ0v) is 17.2. The fourth-order valence-electron chi connectivity index (χ4n) is 4.83. The van der Waals surface area contributed by atoms with Crippen molar-refractivity contribution in [3.05, 3.63) is 95.6 Å². The molecule has 4 rings (SSSR count). The van der Waals surface area contributed by atoms with Gasteiger partial charge < -0.3 is 0 Å². The number of benzene rings is 3. The molecule has 1 aliphatic rings. The Bertz CT molecular complexity index is 940. The predicted molar refractivity (Wildman–Crippen MR) is 121 cm³/mol. The molecule has 0 bridgehead atoms. The van der Waals surface area contributed by atoms with Crippen molar-refractivity contribution in [1.82, 2.24) is 0 Å². The van der Waals surface area contributed by atoms with Crippen molar-refractivity contribution in [2.45, 2.75) is 50.9 Å². The number of nitrogens with zero attached hydrogens (tertiary/aromatic N) is 1. The lowest BCUT2D eigenvalue weighted by atomic mass is 9.75. The van der Waals surface area contributed by atoms with Crippen LogP contribution in [0.2, 0.25) is 0 Å². The molecule has 3 aromatic rings. The van der Waals surface area contributed by atoms with Crippen LogP contribution < -0.4 is 0 Å². The Morgan fingerprint density at radius 1 is 0.793 bits per heavy atom. The van der Waals surface area contributed by atoms with Crippen molar-refractivity contribution < 1.29 is 0 Å². The molecule has 0 N–H and O–H groups in total. The van der Waals surface area contributed by atoms with E-state index in [0.29, 0.717) is 17.4 Å². The van der Waals surface area contributed by atoms with E-state index in [1.54, 1.807) is 0 Å². The van der Waals surface area contributed by atoms with E-state index in [1.165, 1.54) is 54.4 Å². The Balaban J connectivity index is 1.33. The smallest absolute Gasteiger partial charge is 0.0991 e. The summed E-state index contributed by atoms with van der Waals surface area (Å²) in [5.41, 5.74) is 6.08. The molecule has 1 fully saturated rings. The zero-order chi connectivity index (χ0) is 20.1. The topological polar surface area (TPSA) is 23.8 Å². The van der Waals surface area contributed by atoms with Gasteiger partial charge in [0.2, 0.25) is 0 Å². The van der Waals surface area contributed by atoms with Gasteiger partial charge in [-0.25, -0.2) is 0 Å². The number of hydrogen-bond donors (Lipinski definition) is 0. The first-order chi connectivity index (χ1) is 14.2. The van der Waals surface area contributed by atoms with E-state index in [2.05, 4.69) is 67.6 Å². The molecule has 0 aliphatic heterocycles. The van der Waals surface area contributed by atoms with Gasteiger partial charge in [-0.1, -0.05) is 73.7 Å². The molecule has 0 saturated heterocycles. The molecule has 1 saturated carbocycles. The second kappa shape index (κ2) is 9.10. The first-order valence-corrected chi connectivity index (χ1v) is 10.9. The Labute approximate surface area is 175 Å². The van der Waals surface area contributed by atoms with Gasteiger partial charge in [-0.3, -0.25) is 0 Å². The Hall–Kier alpha value is -2.85. The number of hydrogen-bond acceptors (Lipinski definition) is 1. The van der Waals surface area contributed by atoms with E-state index in [4.69, 9.17) is 5.26 Å². The van der Waals surface area contributed by atoms with Gasteiger partial charge in [0.15, 0.2) is 0 Å². The average molecular weight is 380 g/mol. The third kappa shape index (κ3) is 4.77. The monoisotopic (exact) mass is 379 g/mol. The van der Waals surface area contributed by atoms with Crippen LogP contribution in [0.25, 0.3) is 11.1 Å². The quantitative estimate of drug-likeness (QED) is 0.445.